The fourth-order valence-electron chi connectivity index (χ4n) is 1.98. The number of para-hydroxylation sites is 1. The van der Waals surface area contributed by atoms with Crippen LogP contribution < -0.4 is 0 Å². The summed E-state index contributed by atoms with van der Waals surface area (Å²) in [5.74, 6) is 0.892. The number of halogens is 1. The molecule has 3 rings (SSSR count). The molecule has 1 heterocycles. The van der Waals surface area contributed by atoms with Crippen LogP contribution in [0, 0.1) is 0 Å². The van der Waals surface area contributed by atoms with Gasteiger partial charge in [0.15, 0.2) is 0 Å². The van der Waals surface area contributed by atoms with Crippen molar-refractivity contribution in [3.8, 4) is 17.1 Å². The fraction of sp³-hybridized carbons (Fsp3) is 0. The Balaban J connectivity index is 2.16. The highest BCUT2D eigenvalue weighted by Crippen LogP contribution is 2.26. The number of benzene rings is 2. The summed E-state index contributed by atoms with van der Waals surface area (Å²) < 4.78 is 3.09. The highest BCUT2D eigenvalue weighted by molar-refractivity contribution is 9.10. The molecule has 0 unspecified atom stereocenters. The molecule has 0 N–H and O–H groups in total. The van der Waals surface area contributed by atoms with Crippen molar-refractivity contribution in [2.24, 2.45) is 0 Å². The smallest absolute Gasteiger partial charge is 0.145 e. The molecule has 1 aromatic heterocycles. The molecule has 0 atom stereocenters. The molecule has 0 saturated carbocycles. The van der Waals surface area contributed by atoms with E-state index in [0.717, 1.165) is 26.6 Å². The molecular weight excluding hydrogens is 320 g/mol. The molecule has 0 fully saturated rings. The maximum absolute atomic E-state index is 4.49. The second-order valence-corrected chi connectivity index (χ2v) is 5.49. The summed E-state index contributed by atoms with van der Waals surface area (Å²) in [7, 11) is 0. The lowest BCUT2D eigenvalue weighted by molar-refractivity contribution is 0.965. The molecule has 19 heavy (non-hydrogen) atoms. The molecule has 4 heteroatoms. The molecular formula is C15H11BrN2S. The summed E-state index contributed by atoms with van der Waals surface area (Å²) in [6.45, 7) is 0. The van der Waals surface area contributed by atoms with E-state index in [-0.39, 0.29) is 0 Å². The van der Waals surface area contributed by atoms with E-state index >= 15 is 0 Å². The zero-order valence-corrected chi connectivity index (χ0v) is 12.5. The van der Waals surface area contributed by atoms with Gasteiger partial charge in [-0.2, -0.15) is 0 Å². The molecule has 0 bridgehead atoms. The van der Waals surface area contributed by atoms with Crippen LogP contribution >= 0.6 is 28.6 Å². The molecule has 0 saturated heterocycles. The molecule has 2 aromatic carbocycles. The van der Waals surface area contributed by atoms with Gasteiger partial charge in [-0.05, 0) is 24.3 Å². The number of nitrogens with zero attached hydrogens (tertiary/aromatic N) is 2. The van der Waals surface area contributed by atoms with Crippen molar-refractivity contribution < 1.29 is 0 Å². The summed E-state index contributed by atoms with van der Waals surface area (Å²) in [6, 6.07) is 18.2. The van der Waals surface area contributed by atoms with Crippen LogP contribution in [0.3, 0.4) is 0 Å². The van der Waals surface area contributed by atoms with E-state index < -0.39 is 0 Å². The van der Waals surface area contributed by atoms with Gasteiger partial charge in [0, 0.05) is 15.7 Å². The van der Waals surface area contributed by atoms with Gasteiger partial charge in [-0.3, -0.25) is 4.57 Å². The maximum Gasteiger partial charge on any atom is 0.145 e. The average molecular weight is 331 g/mol. The van der Waals surface area contributed by atoms with Crippen molar-refractivity contribution in [1.82, 2.24) is 9.55 Å². The van der Waals surface area contributed by atoms with Crippen LogP contribution in [-0.4, -0.2) is 9.55 Å². The Morgan fingerprint density at radius 1 is 0.947 bits per heavy atom. The fourth-order valence-corrected chi connectivity index (χ4v) is 2.51. The first kappa shape index (κ1) is 12.5. The normalized spacial score (nSPS) is 10.6. The second kappa shape index (κ2) is 5.23. The van der Waals surface area contributed by atoms with Crippen molar-refractivity contribution in [2.75, 3.05) is 0 Å². The van der Waals surface area contributed by atoms with E-state index in [1.165, 1.54) is 0 Å². The standard InChI is InChI=1S/C15H11BrN2S/c16-12-8-6-11(7-9-12)15-17-10-14(19)18(15)13-4-2-1-3-5-13/h1-10,19H. The van der Waals surface area contributed by atoms with Gasteiger partial charge in [-0.25, -0.2) is 4.98 Å². The number of thiol groups is 1. The minimum Gasteiger partial charge on any atom is -0.287 e. The first-order valence-electron chi connectivity index (χ1n) is 5.84. The van der Waals surface area contributed by atoms with E-state index in [1.54, 1.807) is 6.20 Å². The van der Waals surface area contributed by atoms with Crippen LogP contribution in [0.5, 0.6) is 0 Å². The molecule has 0 aliphatic rings. The van der Waals surface area contributed by atoms with Gasteiger partial charge < -0.3 is 0 Å². The molecule has 0 amide bonds. The number of aromatic nitrogens is 2. The highest BCUT2D eigenvalue weighted by atomic mass is 79.9. The van der Waals surface area contributed by atoms with Gasteiger partial charge in [0.1, 0.15) is 5.82 Å². The predicted molar refractivity (Wildman–Crippen MR) is 84.0 cm³/mol. The molecule has 0 aliphatic carbocycles. The summed E-state index contributed by atoms with van der Waals surface area (Å²) in [5.41, 5.74) is 2.12. The summed E-state index contributed by atoms with van der Waals surface area (Å²) in [6.07, 6.45) is 1.77. The van der Waals surface area contributed by atoms with Gasteiger partial charge in [0.25, 0.3) is 0 Å². The molecule has 0 spiro atoms. The first-order valence-corrected chi connectivity index (χ1v) is 7.08. The molecule has 2 nitrogen and oxygen atoms in total. The predicted octanol–water partition coefficient (Wildman–Crippen LogP) is 4.59. The van der Waals surface area contributed by atoms with Gasteiger partial charge in [-0.15, -0.1) is 12.6 Å². The molecule has 94 valence electrons. The Bertz CT molecular complexity index is 690. The number of rotatable bonds is 2. The zero-order chi connectivity index (χ0) is 13.2. The minimum absolute atomic E-state index is 0.823. The van der Waals surface area contributed by atoms with Gasteiger partial charge >= 0.3 is 0 Å². The van der Waals surface area contributed by atoms with Gasteiger partial charge in [-0.1, -0.05) is 46.3 Å². The Morgan fingerprint density at radius 3 is 2.32 bits per heavy atom. The van der Waals surface area contributed by atoms with Crippen LogP contribution in [0.4, 0.5) is 0 Å². The third-order valence-electron chi connectivity index (χ3n) is 2.86. The molecule has 0 radical (unpaired) electrons. The monoisotopic (exact) mass is 330 g/mol. The van der Waals surface area contributed by atoms with Crippen LogP contribution in [0.25, 0.3) is 17.1 Å². The van der Waals surface area contributed by atoms with Crippen molar-refractivity contribution in [3.05, 3.63) is 65.3 Å². The lowest BCUT2D eigenvalue weighted by atomic mass is 10.2. The Labute approximate surface area is 125 Å². The maximum atomic E-state index is 4.49. The van der Waals surface area contributed by atoms with E-state index in [1.807, 2.05) is 59.2 Å². The number of imidazole rings is 1. The quantitative estimate of drug-likeness (QED) is 0.680. The van der Waals surface area contributed by atoms with Crippen molar-refractivity contribution in [1.29, 1.82) is 0 Å². The third-order valence-corrected chi connectivity index (χ3v) is 3.70. The second-order valence-electron chi connectivity index (χ2n) is 4.12. The van der Waals surface area contributed by atoms with E-state index in [0.29, 0.717) is 0 Å². The lowest BCUT2D eigenvalue weighted by Crippen LogP contribution is -1.97. The average Bonchev–Trinajstić information content (AvgIpc) is 2.82. The molecule has 3 aromatic rings. The van der Waals surface area contributed by atoms with Gasteiger partial charge in [0.05, 0.1) is 11.2 Å². The van der Waals surface area contributed by atoms with Crippen molar-refractivity contribution >= 4 is 28.6 Å². The van der Waals surface area contributed by atoms with E-state index in [9.17, 15) is 0 Å². The highest BCUT2D eigenvalue weighted by Gasteiger charge is 2.11. The van der Waals surface area contributed by atoms with Crippen LogP contribution in [0.2, 0.25) is 0 Å². The van der Waals surface area contributed by atoms with Crippen molar-refractivity contribution in [2.45, 2.75) is 5.03 Å². The summed E-state index contributed by atoms with van der Waals surface area (Å²) in [5, 5.41) is 0.823. The minimum atomic E-state index is 0.823. The van der Waals surface area contributed by atoms with Gasteiger partial charge in [0.2, 0.25) is 0 Å². The van der Waals surface area contributed by atoms with Crippen LogP contribution in [-0.2, 0) is 0 Å². The largest absolute Gasteiger partial charge is 0.287 e. The zero-order valence-electron chi connectivity index (χ0n) is 9.99. The lowest BCUT2D eigenvalue weighted by Gasteiger charge is -2.09. The first-order chi connectivity index (χ1) is 9.25. The topological polar surface area (TPSA) is 17.8 Å². The Kier molecular flexibility index (Phi) is 3.44. The van der Waals surface area contributed by atoms with Crippen LogP contribution in [0.1, 0.15) is 0 Å². The SMILES string of the molecule is Sc1cnc(-c2ccc(Br)cc2)n1-c1ccccc1. The summed E-state index contributed by atoms with van der Waals surface area (Å²) in [4.78, 5) is 4.46. The Morgan fingerprint density at radius 2 is 1.63 bits per heavy atom. The number of hydrogen-bond donors (Lipinski definition) is 1. The van der Waals surface area contributed by atoms with Crippen LogP contribution in [0.15, 0.2) is 70.3 Å². The number of hydrogen-bond acceptors (Lipinski definition) is 2. The van der Waals surface area contributed by atoms with E-state index in [4.69, 9.17) is 0 Å². The molecule has 0 aliphatic heterocycles. The van der Waals surface area contributed by atoms with E-state index in [2.05, 4.69) is 33.5 Å². The summed E-state index contributed by atoms with van der Waals surface area (Å²) >= 11 is 7.94. The third kappa shape index (κ3) is 2.46. The Hall–Kier alpha value is -1.52. The van der Waals surface area contributed by atoms with Crippen molar-refractivity contribution in [3.63, 3.8) is 0 Å².